The van der Waals surface area contributed by atoms with Gasteiger partial charge in [-0.1, -0.05) is 6.42 Å². The van der Waals surface area contributed by atoms with Gasteiger partial charge < -0.3 is 5.11 Å². The first kappa shape index (κ1) is 10.5. The van der Waals surface area contributed by atoms with Gasteiger partial charge >= 0.3 is 0 Å². The minimum atomic E-state index is -0.199. The van der Waals surface area contributed by atoms with E-state index in [0.717, 1.165) is 11.8 Å². The van der Waals surface area contributed by atoms with Gasteiger partial charge in [-0.25, -0.2) is 0 Å². The summed E-state index contributed by atoms with van der Waals surface area (Å²) in [4.78, 5) is 1.20. The summed E-state index contributed by atoms with van der Waals surface area (Å²) in [5.41, 5.74) is 0. The normalized spacial score (nSPS) is 33.6. The average Bonchev–Trinajstić information content (AvgIpc) is 3.06. The Balaban J connectivity index is 1.64. The molecule has 2 heterocycles. The summed E-state index contributed by atoms with van der Waals surface area (Å²) >= 11 is 3.57. The van der Waals surface area contributed by atoms with Crippen LogP contribution in [-0.4, -0.2) is 5.11 Å². The molecule has 1 N–H and O–H groups in total. The fraction of sp³-hybridized carbons (Fsp3) is 0.571. The van der Waals surface area contributed by atoms with Crippen LogP contribution < -0.4 is 0 Å². The molecule has 1 nitrogen and oxygen atoms in total. The summed E-state index contributed by atoms with van der Waals surface area (Å²) in [5.74, 6) is 2.26. The van der Waals surface area contributed by atoms with Crippen LogP contribution in [0.5, 0.6) is 0 Å². The summed E-state index contributed by atoms with van der Waals surface area (Å²) in [6.45, 7) is 0. The van der Waals surface area contributed by atoms with Gasteiger partial charge in [-0.15, -0.1) is 22.7 Å². The summed E-state index contributed by atoms with van der Waals surface area (Å²) < 4.78 is 2.68. The highest BCUT2D eigenvalue weighted by atomic mass is 32.1. The van der Waals surface area contributed by atoms with Crippen LogP contribution in [0.15, 0.2) is 17.5 Å². The standard InChI is InChI=1S/C14H16OS2/c15-14(10-6-8-1-2-9(10)5-8)13-7-12-11(17-13)3-4-16-12/h3-4,7-10,14-15H,1-2,5-6H2. The lowest BCUT2D eigenvalue weighted by molar-refractivity contribution is 0.0775. The lowest BCUT2D eigenvalue weighted by Gasteiger charge is -2.25. The van der Waals surface area contributed by atoms with Gasteiger partial charge in [0.2, 0.25) is 0 Å². The van der Waals surface area contributed by atoms with Gasteiger partial charge in [0.15, 0.2) is 0 Å². The Morgan fingerprint density at radius 3 is 2.88 bits per heavy atom. The van der Waals surface area contributed by atoms with Crippen LogP contribution in [-0.2, 0) is 0 Å². The van der Waals surface area contributed by atoms with Crippen molar-refractivity contribution < 1.29 is 5.11 Å². The highest BCUT2D eigenvalue weighted by molar-refractivity contribution is 7.26. The fourth-order valence-electron chi connectivity index (χ4n) is 3.82. The zero-order valence-corrected chi connectivity index (χ0v) is 11.3. The van der Waals surface area contributed by atoms with Crippen molar-refractivity contribution in [2.45, 2.75) is 31.8 Å². The molecular formula is C14H16OS2. The van der Waals surface area contributed by atoms with Crippen LogP contribution in [0, 0.1) is 17.8 Å². The third kappa shape index (κ3) is 1.60. The quantitative estimate of drug-likeness (QED) is 0.850. The van der Waals surface area contributed by atoms with Crippen molar-refractivity contribution in [3.63, 3.8) is 0 Å². The predicted molar refractivity (Wildman–Crippen MR) is 73.6 cm³/mol. The summed E-state index contributed by atoms with van der Waals surface area (Å²) in [7, 11) is 0. The summed E-state index contributed by atoms with van der Waals surface area (Å²) in [5, 5.41) is 12.7. The van der Waals surface area contributed by atoms with Crippen LogP contribution in [0.2, 0.25) is 0 Å². The van der Waals surface area contributed by atoms with E-state index in [2.05, 4.69) is 17.5 Å². The van der Waals surface area contributed by atoms with Crippen molar-refractivity contribution in [3.8, 4) is 0 Å². The van der Waals surface area contributed by atoms with E-state index in [4.69, 9.17) is 0 Å². The number of hydrogen-bond acceptors (Lipinski definition) is 3. The van der Waals surface area contributed by atoms with Gasteiger partial charge in [0.05, 0.1) is 6.10 Å². The topological polar surface area (TPSA) is 20.2 Å². The van der Waals surface area contributed by atoms with E-state index in [1.54, 1.807) is 22.7 Å². The maximum atomic E-state index is 10.6. The average molecular weight is 264 g/mol. The van der Waals surface area contributed by atoms with Crippen molar-refractivity contribution in [1.82, 2.24) is 0 Å². The van der Waals surface area contributed by atoms with Crippen molar-refractivity contribution in [3.05, 3.63) is 22.4 Å². The van der Waals surface area contributed by atoms with Gasteiger partial charge in [0, 0.05) is 14.3 Å². The molecule has 4 rings (SSSR count). The molecule has 2 fully saturated rings. The highest BCUT2D eigenvalue weighted by Gasteiger charge is 2.43. The molecule has 2 aromatic rings. The van der Waals surface area contributed by atoms with Crippen molar-refractivity contribution >= 4 is 32.1 Å². The second-order valence-electron chi connectivity index (χ2n) is 5.58. The highest BCUT2D eigenvalue weighted by Crippen LogP contribution is 2.53. The van der Waals surface area contributed by atoms with Crippen LogP contribution in [0.25, 0.3) is 9.40 Å². The van der Waals surface area contributed by atoms with E-state index >= 15 is 0 Å². The Morgan fingerprint density at radius 2 is 2.18 bits per heavy atom. The van der Waals surface area contributed by atoms with E-state index in [0.29, 0.717) is 5.92 Å². The lowest BCUT2D eigenvalue weighted by atomic mass is 9.84. The van der Waals surface area contributed by atoms with Gasteiger partial charge in [-0.05, 0) is 54.5 Å². The number of aliphatic hydroxyl groups is 1. The number of rotatable bonds is 2. The molecule has 2 aliphatic rings. The molecule has 2 aromatic heterocycles. The van der Waals surface area contributed by atoms with Gasteiger partial charge in [-0.2, -0.15) is 0 Å². The first-order chi connectivity index (χ1) is 8.31. The first-order valence-electron chi connectivity index (χ1n) is 6.46. The Hall–Kier alpha value is -0.380. The number of aliphatic hydroxyl groups excluding tert-OH is 1. The molecular weight excluding hydrogens is 248 g/mol. The molecule has 4 atom stereocenters. The number of thiophene rings is 2. The van der Waals surface area contributed by atoms with Gasteiger partial charge in [0.1, 0.15) is 0 Å². The Bertz CT molecular complexity index is 513. The van der Waals surface area contributed by atoms with Crippen molar-refractivity contribution in [2.75, 3.05) is 0 Å². The number of fused-ring (bicyclic) bond motifs is 3. The largest absolute Gasteiger partial charge is 0.387 e. The smallest absolute Gasteiger partial charge is 0.0913 e. The first-order valence-corrected chi connectivity index (χ1v) is 8.16. The van der Waals surface area contributed by atoms with Gasteiger partial charge in [0.25, 0.3) is 0 Å². The Morgan fingerprint density at radius 1 is 1.24 bits per heavy atom. The second-order valence-corrected chi connectivity index (χ2v) is 7.64. The summed E-state index contributed by atoms with van der Waals surface area (Å²) in [6, 6.07) is 4.38. The molecule has 2 saturated carbocycles. The molecule has 0 aromatic carbocycles. The maximum Gasteiger partial charge on any atom is 0.0913 e. The Kier molecular flexibility index (Phi) is 2.36. The minimum Gasteiger partial charge on any atom is -0.387 e. The monoisotopic (exact) mass is 264 g/mol. The summed E-state index contributed by atoms with van der Waals surface area (Å²) in [6.07, 6.45) is 5.20. The molecule has 17 heavy (non-hydrogen) atoms. The van der Waals surface area contributed by atoms with E-state index in [1.165, 1.54) is 40.0 Å². The van der Waals surface area contributed by atoms with Crippen molar-refractivity contribution in [2.24, 2.45) is 17.8 Å². The molecule has 0 spiro atoms. The zero-order valence-electron chi connectivity index (χ0n) is 9.63. The maximum absolute atomic E-state index is 10.6. The van der Waals surface area contributed by atoms with Crippen LogP contribution in [0.4, 0.5) is 0 Å². The second kappa shape index (κ2) is 3.81. The molecule has 0 aliphatic heterocycles. The van der Waals surface area contributed by atoms with Crippen molar-refractivity contribution in [1.29, 1.82) is 0 Å². The third-order valence-electron chi connectivity index (χ3n) is 4.65. The minimum absolute atomic E-state index is 0.199. The Labute approximate surface area is 109 Å². The number of hydrogen-bond donors (Lipinski definition) is 1. The fourth-order valence-corrected chi connectivity index (χ4v) is 6.00. The van der Waals surface area contributed by atoms with E-state index in [9.17, 15) is 5.11 Å². The molecule has 0 saturated heterocycles. The molecule has 0 amide bonds. The molecule has 3 heteroatoms. The molecule has 2 bridgehead atoms. The molecule has 4 unspecified atom stereocenters. The molecule has 0 radical (unpaired) electrons. The van der Waals surface area contributed by atoms with Gasteiger partial charge in [-0.3, -0.25) is 0 Å². The van der Waals surface area contributed by atoms with E-state index in [1.807, 2.05) is 0 Å². The predicted octanol–water partition coefficient (Wildman–Crippen LogP) is 4.43. The third-order valence-corrected chi connectivity index (χ3v) is 6.81. The lowest BCUT2D eigenvalue weighted by Crippen LogP contribution is -2.18. The van der Waals surface area contributed by atoms with E-state index < -0.39 is 0 Å². The zero-order chi connectivity index (χ0) is 11.4. The molecule has 90 valence electrons. The molecule has 2 aliphatic carbocycles. The SMILES string of the molecule is OC(c1cc2sccc2s1)C1CC2CCC1C2. The van der Waals surface area contributed by atoms with Crippen LogP contribution in [0.3, 0.4) is 0 Å². The van der Waals surface area contributed by atoms with Crippen LogP contribution >= 0.6 is 22.7 Å². The van der Waals surface area contributed by atoms with Crippen LogP contribution in [0.1, 0.15) is 36.7 Å². The van der Waals surface area contributed by atoms with E-state index in [-0.39, 0.29) is 6.10 Å².